The lowest BCUT2D eigenvalue weighted by atomic mass is 9.76. The van der Waals surface area contributed by atoms with Crippen LogP contribution in [-0.4, -0.2) is 89.3 Å². The van der Waals surface area contributed by atoms with Crippen LogP contribution < -0.4 is 15.0 Å². The minimum absolute atomic E-state index is 0. The molecule has 222 valence electrons. The highest BCUT2D eigenvalue weighted by atomic mass is 35.5. The Balaban J connectivity index is 0.00000441. The smallest absolute Gasteiger partial charge is 0.282 e. The first-order valence-electron chi connectivity index (χ1n) is 14.3. The molecular formula is C29H45ClFN7O2. The average molecular weight is 578 g/mol. The number of hydrogen-bond donors (Lipinski definition) is 1. The molecule has 2 saturated heterocycles. The molecule has 2 fully saturated rings. The molecule has 2 aliphatic rings. The standard InChI is InChI=1S/C29H44FN7O2.ClH/c1-7-37(21(4)5)28(38)23-15-22(30)10-11-25(23)39-27-26(32-19-33-34-27)35-14-12-29(16-35)17-36(18-29)24(20(2)3)9-8-13-31-6;/h10-11,15,19-21,24,31H,7-9,12-14,16-18H2,1-6H3;1H/t24-;/m1./s1. The first-order valence-corrected chi connectivity index (χ1v) is 14.3. The number of anilines is 1. The van der Waals surface area contributed by atoms with Crippen molar-refractivity contribution in [1.29, 1.82) is 0 Å². The summed E-state index contributed by atoms with van der Waals surface area (Å²) in [7, 11) is 2.01. The molecule has 40 heavy (non-hydrogen) atoms. The SMILES string of the molecule is CCN(C(=O)c1cc(F)ccc1Oc1nncnc1N1CCC2(C1)CN([C@H](CCCNC)C(C)C)C2)C(C)C.Cl. The van der Waals surface area contributed by atoms with Crippen LogP contribution in [0.3, 0.4) is 0 Å². The van der Waals surface area contributed by atoms with Gasteiger partial charge in [-0.25, -0.2) is 9.37 Å². The van der Waals surface area contributed by atoms with E-state index in [-0.39, 0.29) is 47.0 Å². The van der Waals surface area contributed by atoms with Crippen LogP contribution in [0.1, 0.15) is 64.2 Å². The third-order valence-corrected chi connectivity index (χ3v) is 8.16. The highest BCUT2D eigenvalue weighted by Crippen LogP contribution is 2.44. The molecule has 1 amide bonds. The van der Waals surface area contributed by atoms with Crippen LogP contribution in [-0.2, 0) is 0 Å². The second-order valence-corrected chi connectivity index (χ2v) is 11.6. The van der Waals surface area contributed by atoms with Crippen molar-refractivity contribution in [2.75, 3.05) is 51.2 Å². The summed E-state index contributed by atoms with van der Waals surface area (Å²) in [6, 6.07) is 4.55. The first-order chi connectivity index (χ1) is 18.7. The molecule has 3 heterocycles. The number of amides is 1. The maximum Gasteiger partial charge on any atom is 0.282 e. The largest absolute Gasteiger partial charge is 0.434 e. The minimum Gasteiger partial charge on any atom is -0.434 e. The zero-order valence-corrected chi connectivity index (χ0v) is 25.5. The Labute approximate surface area is 244 Å². The van der Waals surface area contributed by atoms with Gasteiger partial charge < -0.3 is 19.9 Å². The van der Waals surface area contributed by atoms with Crippen LogP contribution >= 0.6 is 12.4 Å². The van der Waals surface area contributed by atoms with Crippen LogP contribution in [0.4, 0.5) is 10.2 Å². The fourth-order valence-electron chi connectivity index (χ4n) is 6.15. The van der Waals surface area contributed by atoms with E-state index in [1.165, 1.54) is 37.4 Å². The number of hydrogen-bond acceptors (Lipinski definition) is 8. The molecule has 11 heteroatoms. The van der Waals surface area contributed by atoms with Crippen molar-refractivity contribution in [1.82, 2.24) is 30.3 Å². The van der Waals surface area contributed by atoms with Gasteiger partial charge in [0.25, 0.3) is 11.8 Å². The highest BCUT2D eigenvalue weighted by molar-refractivity contribution is 5.97. The second kappa shape index (κ2) is 13.9. The van der Waals surface area contributed by atoms with Crippen LogP contribution in [0.5, 0.6) is 11.6 Å². The number of nitrogens with one attached hydrogen (secondary N) is 1. The monoisotopic (exact) mass is 577 g/mol. The first kappa shape index (κ1) is 32.0. The number of rotatable bonds is 12. The van der Waals surface area contributed by atoms with Gasteiger partial charge in [-0.3, -0.25) is 9.69 Å². The molecule has 0 radical (unpaired) electrons. The summed E-state index contributed by atoms with van der Waals surface area (Å²) in [6.45, 7) is 15.8. The van der Waals surface area contributed by atoms with Gasteiger partial charge in [-0.2, -0.15) is 0 Å². The van der Waals surface area contributed by atoms with Gasteiger partial charge in [0, 0.05) is 50.2 Å². The molecule has 0 saturated carbocycles. The lowest BCUT2D eigenvalue weighted by Gasteiger charge is -2.53. The van der Waals surface area contributed by atoms with Gasteiger partial charge in [0.1, 0.15) is 17.9 Å². The van der Waals surface area contributed by atoms with Gasteiger partial charge in [-0.15, -0.1) is 22.6 Å². The van der Waals surface area contributed by atoms with Crippen LogP contribution in [0.15, 0.2) is 24.5 Å². The predicted octanol–water partition coefficient (Wildman–Crippen LogP) is 4.63. The van der Waals surface area contributed by atoms with E-state index in [0.29, 0.717) is 24.3 Å². The minimum atomic E-state index is -0.496. The zero-order chi connectivity index (χ0) is 28.2. The molecule has 2 aliphatic heterocycles. The summed E-state index contributed by atoms with van der Waals surface area (Å²) in [6.07, 6.45) is 4.89. The molecule has 1 aromatic carbocycles. The van der Waals surface area contributed by atoms with Crippen LogP contribution in [0.2, 0.25) is 0 Å². The quantitative estimate of drug-likeness (QED) is 0.365. The summed E-state index contributed by atoms with van der Waals surface area (Å²) in [5, 5.41) is 11.4. The lowest BCUT2D eigenvalue weighted by molar-refractivity contribution is -0.0338. The van der Waals surface area contributed by atoms with Crippen LogP contribution in [0.25, 0.3) is 0 Å². The molecule has 0 bridgehead atoms. The normalized spacial score (nSPS) is 17.2. The van der Waals surface area contributed by atoms with Crippen LogP contribution in [0, 0.1) is 17.2 Å². The molecule has 2 aromatic rings. The maximum atomic E-state index is 14.2. The van der Waals surface area contributed by atoms with Crippen molar-refractivity contribution < 1.29 is 13.9 Å². The van der Waals surface area contributed by atoms with Gasteiger partial charge in [0.15, 0.2) is 5.82 Å². The number of halogens is 2. The second-order valence-electron chi connectivity index (χ2n) is 11.6. The number of carbonyl (C=O) groups excluding carboxylic acids is 1. The number of ether oxygens (including phenoxy) is 1. The summed E-state index contributed by atoms with van der Waals surface area (Å²) in [5.41, 5.74) is 0.390. The van der Waals surface area contributed by atoms with E-state index >= 15 is 0 Å². The zero-order valence-electron chi connectivity index (χ0n) is 24.7. The highest BCUT2D eigenvalue weighted by Gasteiger charge is 2.50. The number of benzene rings is 1. The number of likely N-dealkylation sites (tertiary alicyclic amines) is 1. The van der Waals surface area contributed by atoms with Gasteiger partial charge in [0.2, 0.25) is 0 Å². The fraction of sp³-hybridized carbons (Fsp3) is 0.655. The van der Waals surface area contributed by atoms with E-state index in [1.807, 2.05) is 27.8 Å². The van der Waals surface area contributed by atoms with E-state index in [4.69, 9.17) is 4.74 Å². The molecule has 1 N–H and O–H groups in total. The van der Waals surface area contributed by atoms with E-state index in [0.717, 1.165) is 39.1 Å². The number of aromatic nitrogens is 3. The van der Waals surface area contributed by atoms with Crippen molar-refractivity contribution >= 4 is 24.1 Å². The summed E-state index contributed by atoms with van der Waals surface area (Å²) < 4.78 is 20.4. The van der Waals surface area contributed by atoms with E-state index in [2.05, 4.69) is 44.1 Å². The topological polar surface area (TPSA) is 86.7 Å². The molecule has 9 nitrogen and oxygen atoms in total. The Morgan fingerprint density at radius 3 is 2.62 bits per heavy atom. The Bertz CT molecular complexity index is 1130. The fourth-order valence-corrected chi connectivity index (χ4v) is 6.15. The summed E-state index contributed by atoms with van der Waals surface area (Å²) >= 11 is 0. The predicted molar refractivity (Wildman–Crippen MR) is 158 cm³/mol. The molecule has 0 unspecified atom stereocenters. The molecular weight excluding hydrogens is 533 g/mol. The van der Waals surface area contributed by atoms with Gasteiger partial charge >= 0.3 is 0 Å². The molecule has 4 rings (SSSR count). The van der Waals surface area contributed by atoms with Gasteiger partial charge in [-0.1, -0.05) is 13.8 Å². The average Bonchev–Trinajstić information content (AvgIpc) is 3.33. The third kappa shape index (κ3) is 7.01. The molecule has 1 spiro atoms. The Hall–Kier alpha value is -2.56. The van der Waals surface area contributed by atoms with E-state index in [9.17, 15) is 9.18 Å². The summed E-state index contributed by atoms with van der Waals surface area (Å²) in [5.74, 6) is 0.915. The van der Waals surface area contributed by atoms with Crippen molar-refractivity contribution in [3.63, 3.8) is 0 Å². The van der Waals surface area contributed by atoms with Crippen molar-refractivity contribution in [3.8, 4) is 11.6 Å². The molecule has 0 aliphatic carbocycles. The van der Waals surface area contributed by atoms with Crippen molar-refractivity contribution in [2.24, 2.45) is 11.3 Å². The van der Waals surface area contributed by atoms with Crippen molar-refractivity contribution in [3.05, 3.63) is 35.9 Å². The summed E-state index contributed by atoms with van der Waals surface area (Å²) in [4.78, 5) is 24.3. The Morgan fingerprint density at radius 1 is 1.23 bits per heavy atom. The Morgan fingerprint density at radius 2 is 1.98 bits per heavy atom. The molecule has 1 atom stereocenters. The lowest BCUT2D eigenvalue weighted by Crippen LogP contribution is -2.62. The molecule has 1 aromatic heterocycles. The maximum absolute atomic E-state index is 14.2. The number of nitrogens with zero attached hydrogens (tertiary/aromatic N) is 6. The van der Waals surface area contributed by atoms with E-state index in [1.54, 1.807) is 4.90 Å². The Kier molecular flexibility index (Phi) is 11.1. The van der Waals surface area contributed by atoms with Crippen molar-refractivity contribution in [2.45, 2.75) is 66.0 Å². The third-order valence-electron chi connectivity index (χ3n) is 8.16. The van der Waals surface area contributed by atoms with Gasteiger partial charge in [0.05, 0.1) is 5.56 Å². The van der Waals surface area contributed by atoms with E-state index < -0.39 is 5.82 Å². The number of carbonyl (C=O) groups is 1. The van der Waals surface area contributed by atoms with Gasteiger partial charge in [-0.05, 0) is 77.7 Å².